The van der Waals surface area contributed by atoms with Crippen LogP contribution in [0.2, 0.25) is 0 Å². The van der Waals surface area contributed by atoms with Crippen LogP contribution in [0.4, 0.5) is 4.39 Å². The number of amides is 1. The lowest BCUT2D eigenvalue weighted by Gasteiger charge is -2.32. The van der Waals surface area contributed by atoms with E-state index in [0.717, 1.165) is 42.0 Å². The Labute approximate surface area is 205 Å². The summed E-state index contributed by atoms with van der Waals surface area (Å²) in [6, 6.07) is 13.6. The highest BCUT2D eigenvalue weighted by Gasteiger charge is 2.35. The van der Waals surface area contributed by atoms with Crippen molar-refractivity contribution in [3.63, 3.8) is 0 Å². The summed E-state index contributed by atoms with van der Waals surface area (Å²) in [5.74, 6) is -0.0924. The van der Waals surface area contributed by atoms with E-state index < -0.39 is 0 Å². The molecule has 2 aromatic rings. The van der Waals surface area contributed by atoms with Gasteiger partial charge in [0.25, 0.3) is 5.91 Å². The van der Waals surface area contributed by atoms with Gasteiger partial charge in [-0.05, 0) is 68.6 Å². The second kappa shape index (κ2) is 11.4. The van der Waals surface area contributed by atoms with Gasteiger partial charge in [0.05, 0.1) is 37.4 Å². The number of esters is 1. The van der Waals surface area contributed by atoms with Crippen molar-refractivity contribution >= 4 is 17.6 Å². The molecule has 0 saturated carbocycles. The van der Waals surface area contributed by atoms with Crippen molar-refractivity contribution < 1.29 is 23.5 Å². The first-order valence-electron chi connectivity index (χ1n) is 12.3. The molecule has 1 fully saturated rings. The number of ether oxygens (including phenoxy) is 2. The number of hydrogen-bond donors (Lipinski definition) is 0. The number of halogens is 1. The number of piperidine rings is 1. The Morgan fingerprint density at radius 3 is 2.49 bits per heavy atom. The average Bonchev–Trinajstić information content (AvgIpc) is 3.31. The summed E-state index contributed by atoms with van der Waals surface area (Å²) in [5.41, 5.74) is 2.48. The third-order valence-corrected chi connectivity index (χ3v) is 6.40. The maximum atomic E-state index is 13.5. The Morgan fingerprint density at radius 2 is 1.80 bits per heavy atom. The van der Waals surface area contributed by atoms with E-state index in [-0.39, 0.29) is 36.2 Å². The van der Waals surface area contributed by atoms with Crippen molar-refractivity contribution in [3.8, 4) is 5.75 Å². The molecule has 8 heteroatoms. The zero-order valence-corrected chi connectivity index (χ0v) is 20.3. The first-order valence-corrected chi connectivity index (χ1v) is 12.3. The van der Waals surface area contributed by atoms with Gasteiger partial charge < -0.3 is 9.47 Å². The van der Waals surface area contributed by atoms with E-state index in [1.807, 2.05) is 36.1 Å². The van der Waals surface area contributed by atoms with Crippen LogP contribution in [-0.2, 0) is 14.3 Å². The number of carbonyl (C=O) groups is 2. The van der Waals surface area contributed by atoms with Crippen LogP contribution in [0.1, 0.15) is 50.3 Å². The maximum Gasteiger partial charge on any atom is 0.310 e. The Balaban J connectivity index is 1.53. The fourth-order valence-corrected chi connectivity index (χ4v) is 4.68. The summed E-state index contributed by atoms with van der Waals surface area (Å²) in [4.78, 5) is 27.7. The fraction of sp³-hybridized carbons (Fsp3) is 0.444. The number of likely N-dealkylation sites (tertiary alicyclic amines) is 1. The van der Waals surface area contributed by atoms with Crippen LogP contribution in [0.3, 0.4) is 0 Å². The van der Waals surface area contributed by atoms with Crippen LogP contribution < -0.4 is 4.74 Å². The van der Waals surface area contributed by atoms with Gasteiger partial charge in [-0.1, -0.05) is 24.3 Å². The highest BCUT2D eigenvalue weighted by molar-refractivity contribution is 6.03. The fourth-order valence-electron chi connectivity index (χ4n) is 4.68. The van der Waals surface area contributed by atoms with Crippen molar-refractivity contribution in [2.45, 2.75) is 39.2 Å². The second-order valence-corrected chi connectivity index (χ2v) is 8.84. The minimum absolute atomic E-state index is 0.134. The van der Waals surface area contributed by atoms with E-state index in [4.69, 9.17) is 9.47 Å². The Bertz CT molecular complexity index is 1060. The molecule has 1 saturated heterocycles. The zero-order chi connectivity index (χ0) is 24.8. The predicted molar refractivity (Wildman–Crippen MR) is 131 cm³/mol. The topological polar surface area (TPSA) is 71.4 Å². The molecule has 0 aliphatic carbocycles. The van der Waals surface area contributed by atoms with Crippen LogP contribution in [0, 0.1) is 11.7 Å². The average molecular weight is 482 g/mol. The lowest BCUT2D eigenvalue weighted by atomic mass is 9.97. The largest absolute Gasteiger partial charge is 0.494 e. The van der Waals surface area contributed by atoms with Gasteiger partial charge in [0.2, 0.25) is 0 Å². The normalized spacial score (nSPS) is 20.4. The summed E-state index contributed by atoms with van der Waals surface area (Å²) >= 11 is 0. The van der Waals surface area contributed by atoms with E-state index >= 15 is 0 Å². The van der Waals surface area contributed by atoms with Gasteiger partial charge >= 0.3 is 5.97 Å². The van der Waals surface area contributed by atoms with Crippen molar-refractivity contribution in [3.05, 3.63) is 65.5 Å². The second-order valence-electron chi connectivity index (χ2n) is 8.84. The molecule has 4 rings (SSSR count). The number of hydrogen-bond acceptors (Lipinski definition) is 6. The molecule has 0 unspecified atom stereocenters. The van der Waals surface area contributed by atoms with E-state index in [1.54, 1.807) is 24.1 Å². The number of rotatable bonds is 8. The minimum Gasteiger partial charge on any atom is -0.494 e. The third kappa shape index (κ3) is 6.06. The minimum atomic E-state index is -0.315. The SMILES string of the molecule is CCOC(=O)[C@@H]1CCCN(CC(=O)N2N=C(c3ccc(F)cc3)C[C@H]2c2ccc(OCC)cc2)C1. The molecule has 2 aromatic carbocycles. The summed E-state index contributed by atoms with van der Waals surface area (Å²) in [5, 5.41) is 6.23. The summed E-state index contributed by atoms with van der Waals surface area (Å²) < 4.78 is 24.2. The summed E-state index contributed by atoms with van der Waals surface area (Å²) in [7, 11) is 0. The summed E-state index contributed by atoms with van der Waals surface area (Å²) in [6.07, 6.45) is 2.13. The Hall–Kier alpha value is -3.26. The molecule has 0 N–H and O–H groups in total. The van der Waals surface area contributed by atoms with E-state index in [9.17, 15) is 14.0 Å². The third-order valence-electron chi connectivity index (χ3n) is 6.40. The molecule has 2 atom stereocenters. The molecule has 1 amide bonds. The van der Waals surface area contributed by atoms with Crippen LogP contribution >= 0.6 is 0 Å². The van der Waals surface area contributed by atoms with Crippen LogP contribution in [0.15, 0.2) is 53.6 Å². The van der Waals surface area contributed by atoms with Crippen molar-refractivity contribution in [1.29, 1.82) is 0 Å². The molecule has 0 spiro atoms. The lowest BCUT2D eigenvalue weighted by Crippen LogP contribution is -2.44. The Kier molecular flexibility index (Phi) is 8.13. The molecule has 0 aromatic heterocycles. The molecule has 35 heavy (non-hydrogen) atoms. The maximum absolute atomic E-state index is 13.5. The lowest BCUT2D eigenvalue weighted by molar-refractivity contribution is -0.150. The van der Waals surface area contributed by atoms with Crippen molar-refractivity contribution in [1.82, 2.24) is 9.91 Å². The van der Waals surface area contributed by atoms with E-state index in [1.165, 1.54) is 12.1 Å². The number of benzene rings is 2. The van der Waals surface area contributed by atoms with Crippen molar-refractivity contribution in [2.24, 2.45) is 11.0 Å². The summed E-state index contributed by atoms with van der Waals surface area (Å²) in [6.45, 7) is 6.08. The standard InChI is InChI=1S/C27H32FN3O4/c1-3-34-23-13-9-20(10-14-23)25-16-24(19-7-11-22(28)12-8-19)29-31(25)26(32)18-30-15-5-6-21(17-30)27(33)35-4-2/h7-14,21,25H,3-6,15-18H2,1-2H3/t21-,25+/m1/s1. The molecule has 2 heterocycles. The molecule has 2 aliphatic heterocycles. The first kappa shape index (κ1) is 24.9. The molecule has 186 valence electrons. The molecular weight excluding hydrogens is 449 g/mol. The number of carbonyl (C=O) groups excluding carboxylic acids is 2. The van der Waals surface area contributed by atoms with E-state index in [2.05, 4.69) is 5.10 Å². The van der Waals surface area contributed by atoms with Gasteiger partial charge in [0.1, 0.15) is 11.6 Å². The smallest absolute Gasteiger partial charge is 0.310 e. The Morgan fingerprint density at radius 1 is 1.06 bits per heavy atom. The van der Waals surface area contributed by atoms with Crippen molar-refractivity contribution in [2.75, 3.05) is 32.8 Å². The highest BCUT2D eigenvalue weighted by Crippen LogP contribution is 2.34. The number of nitrogens with zero attached hydrogens (tertiary/aromatic N) is 3. The molecule has 2 aliphatic rings. The molecule has 0 radical (unpaired) electrons. The quantitative estimate of drug-likeness (QED) is 0.529. The van der Waals surface area contributed by atoms with Gasteiger partial charge in [0.15, 0.2) is 0 Å². The molecule has 0 bridgehead atoms. The van der Waals surface area contributed by atoms with E-state index in [0.29, 0.717) is 26.2 Å². The first-order chi connectivity index (χ1) is 17.0. The highest BCUT2D eigenvalue weighted by atomic mass is 19.1. The molecular formula is C27H32FN3O4. The zero-order valence-electron chi connectivity index (χ0n) is 20.3. The van der Waals surface area contributed by atoms with Gasteiger partial charge in [-0.3, -0.25) is 14.5 Å². The van der Waals surface area contributed by atoms with Crippen LogP contribution in [0.25, 0.3) is 0 Å². The van der Waals surface area contributed by atoms with Gasteiger partial charge in [0, 0.05) is 13.0 Å². The van der Waals surface area contributed by atoms with Gasteiger partial charge in [-0.2, -0.15) is 5.10 Å². The van der Waals surface area contributed by atoms with Crippen LogP contribution in [-0.4, -0.2) is 60.3 Å². The molecule has 7 nitrogen and oxygen atoms in total. The van der Waals surface area contributed by atoms with Crippen LogP contribution in [0.5, 0.6) is 5.75 Å². The predicted octanol–water partition coefficient (Wildman–Crippen LogP) is 4.18. The number of hydrazone groups is 1. The monoisotopic (exact) mass is 481 g/mol. The van der Waals surface area contributed by atoms with Gasteiger partial charge in [-0.15, -0.1) is 0 Å². The van der Waals surface area contributed by atoms with Gasteiger partial charge in [-0.25, -0.2) is 9.40 Å².